The average Bonchev–Trinajstić information content (AvgIpc) is 2.44. The van der Waals surface area contributed by atoms with Gasteiger partial charge in [0.2, 0.25) is 0 Å². The number of carbonyl (C=O) groups excluding carboxylic acids is 1. The summed E-state index contributed by atoms with van der Waals surface area (Å²) in [6.07, 6.45) is 0. The predicted octanol–water partition coefficient (Wildman–Crippen LogP) is 3.57. The number of ether oxygens (including phenoxy) is 1. The number of carbonyl (C=O) groups is 1. The van der Waals surface area contributed by atoms with Gasteiger partial charge in [-0.05, 0) is 49.4 Å². The molecule has 0 aliphatic carbocycles. The van der Waals surface area contributed by atoms with Crippen LogP contribution in [0.4, 0.5) is 11.4 Å². The molecule has 0 saturated heterocycles. The van der Waals surface area contributed by atoms with Gasteiger partial charge >= 0.3 is 0 Å². The molecule has 0 fully saturated rings. The summed E-state index contributed by atoms with van der Waals surface area (Å²) < 4.78 is 5.32. The second-order valence-electron chi connectivity index (χ2n) is 4.14. The minimum Gasteiger partial charge on any atom is -0.494 e. The molecule has 104 valence electrons. The zero-order valence-corrected chi connectivity index (χ0v) is 11.8. The minimum atomic E-state index is -0.248. The van der Waals surface area contributed by atoms with Gasteiger partial charge in [0.1, 0.15) is 5.75 Å². The molecule has 0 aliphatic heterocycles. The van der Waals surface area contributed by atoms with Crippen molar-refractivity contribution in [1.29, 1.82) is 0 Å². The molecule has 5 heteroatoms. The Morgan fingerprint density at radius 3 is 2.60 bits per heavy atom. The lowest BCUT2D eigenvalue weighted by Gasteiger charge is -2.09. The first kappa shape index (κ1) is 14.2. The number of halogens is 1. The lowest BCUT2D eigenvalue weighted by Crippen LogP contribution is -2.13. The van der Waals surface area contributed by atoms with Gasteiger partial charge in [0.05, 0.1) is 18.0 Å². The Labute approximate surface area is 122 Å². The van der Waals surface area contributed by atoms with E-state index in [9.17, 15) is 4.79 Å². The molecule has 0 bridgehead atoms. The first-order chi connectivity index (χ1) is 9.60. The van der Waals surface area contributed by atoms with Crippen molar-refractivity contribution in [2.24, 2.45) is 0 Å². The van der Waals surface area contributed by atoms with E-state index in [0.717, 1.165) is 5.75 Å². The Bertz CT molecular complexity index is 612. The van der Waals surface area contributed by atoms with E-state index in [1.165, 1.54) is 0 Å². The van der Waals surface area contributed by atoms with E-state index in [4.69, 9.17) is 22.1 Å². The van der Waals surface area contributed by atoms with E-state index in [1.54, 1.807) is 42.5 Å². The Balaban J connectivity index is 2.13. The van der Waals surface area contributed by atoms with Gasteiger partial charge in [0, 0.05) is 10.6 Å². The van der Waals surface area contributed by atoms with Crippen LogP contribution in [0.15, 0.2) is 42.5 Å². The highest BCUT2D eigenvalue weighted by Crippen LogP contribution is 2.23. The Morgan fingerprint density at radius 1 is 1.25 bits per heavy atom. The third kappa shape index (κ3) is 3.42. The van der Waals surface area contributed by atoms with Gasteiger partial charge in [-0.25, -0.2) is 0 Å². The molecule has 3 N–H and O–H groups in total. The standard InChI is InChI=1S/C15H15ClN2O2/c1-2-20-12-6-3-10(4-7-12)15(19)18-14-9-11(16)5-8-13(14)17/h3-9H,2,17H2,1H3,(H,18,19). The van der Waals surface area contributed by atoms with Crippen LogP contribution in [-0.4, -0.2) is 12.5 Å². The number of nitrogens with two attached hydrogens (primary N) is 1. The summed E-state index contributed by atoms with van der Waals surface area (Å²) in [4.78, 5) is 12.1. The Morgan fingerprint density at radius 2 is 1.95 bits per heavy atom. The molecule has 1 amide bonds. The molecular weight excluding hydrogens is 276 g/mol. The van der Waals surface area contributed by atoms with Gasteiger partial charge < -0.3 is 15.8 Å². The van der Waals surface area contributed by atoms with Gasteiger partial charge in [0.15, 0.2) is 0 Å². The van der Waals surface area contributed by atoms with E-state index >= 15 is 0 Å². The number of amides is 1. The molecule has 0 atom stereocenters. The first-order valence-electron chi connectivity index (χ1n) is 6.19. The van der Waals surface area contributed by atoms with E-state index in [1.807, 2.05) is 6.92 Å². The fourth-order valence-electron chi connectivity index (χ4n) is 1.70. The third-order valence-electron chi connectivity index (χ3n) is 2.69. The van der Waals surface area contributed by atoms with Crippen LogP contribution in [0.3, 0.4) is 0 Å². The SMILES string of the molecule is CCOc1ccc(C(=O)Nc2cc(Cl)ccc2N)cc1. The van der Waals surface area contributed by atoms with Crippen molar-refractivity contribution in [3.05, 3.63) is 53.1 Å². The summed E-state index contributed by atoms with van der Waals surface area (Å²) in [6, 6.07) is 11.8. The zero-order chi connectivity index (χ0) is 14.5. The number of anilines is 2. The molecule has 0 aromatic heterocycles. The summed E-state index contributed by atoms with van der Waals surface area (Å²) in [5.41, 5.74) is 7.27. The summed E-state index contributed by atoms with van der Waals surface area (Å²) >= 11 is 5.88. The topological polar surface area (TPSA) is 64.3 Å². The number of benzene rings is 2. The molecule has 0 radical (unpaired) electrons. The van der Waals surface area contributed by atoms with E-state index < -0.39 is 0 Å². The van der Waals surface area contributed by atoms with Gasteiger partial charge in [-0.15, -0.1) is 0 Å². The van der Waals surface area contributed by atoms with Crippen LogP contribution in [-0.2, 0) is 0 Å². The van der Waals surface area contributed by atoms with Crippen LogP contribution in [0.1, 0.15) is 17.3 Å². The lowest BCUT2D eigenvalue weighted by atomic mass is 10.2. The molecule has 20 heavy (non-hydrogen) atoms. The monoisotopic (exact) mass is 290 g/mol. The fourth-order valence-corrected chi connectivity index (χ4v) is 1.87. The quantitative estimate of drug-likeness (QED) is 0.846. The molecule has 0 spiro atoms. The molecule has 2 aromatic carbocycles. The smallest absolute Gasteiger partial charge is 0.255 e. The molecule has 0 aliphatic rings. The van der Waals surface area contributed by atoms with Crippen molar-refractivity contribution in [1.82, 2.24) is 0 Å². The second-order valence-corrected chi connectivity index (χ2v) is 4.58. The summed E-state index contributed by atoms with van der Waals surface area (Å²) in [5, 5.41) is 3.24. The number of nitrogens with one attached hydrogen (secondary N) is 1. The van der Waals surface area contributed by atoms with Crippen molar-refractivity contribution in [2.75, 3.05) is 17.7 Å². The molecule has 4 nitrogen and oxygen atoms in total. The Hall–Kier alpha value is -2.20. The minimum absolute atomic E-state index is 0.248. The molecule has 0 saturated carbocycles. The molecule has 0 heterocycles. The van der Waals surface area contributed by atoms with E-state index in [-0.39, 0.29) is 5.91 Å². The maximum absolute atomic E-state index is 12.1. The van der Waals surface area contributed by atoms with Crippen molar-refractivity contribution in [3.63, 3.8) is 0 Å². The predicted molar refractivity (Wildman–Crippen MR) is 81.4 cm³/mol. The molecule has 2 aromatic rings. The Kier molecular flexibility index (Phi) is 4.48. The summed E-state index contributed by atoms with van der Waals surface area (Å²) in [7, 11) is 0. The molecule has 0 unspecified atom stereocenters. The largest absolute Gasteiger partial charge is 0.494 e. The number of hydrogen-bond acceptors (Lipinski definition) is 3. The highest BCUT2D eigenvalue weighted by molar-refractivity contribution is 6.31. The maximum Gasteiger partial charge on any atom is 0.255 e. The van der Waals surface area contributed by atoms with Crippen molar-refractivity contribution in [2.45, 2.75) is 6.92 Å². The highest BCUT2D eigenvalue weighted by atomic mass is 35.5. The van der Waals surface area contributed by atoms with Crippen molar-refractivity contribution >= 4 is 28.9 Å². The summed E-state index contributed by atoms with van der Waals surface area (Å²) in [6.45, 7) is 2.49. The van der Waals surface area contributed by atoms with Gasteiger partial charge in [-0.3, -0.25) is 4.79 Å². The van der Waals surface area contributed by atoms with Crippen LogP contribution < -0.4 is 15.8 Å². The van der Waals surface area contributed by atoms with E-state index in [0.29, 0.717) is 28.6 Å². The van der Waals surface area contributed by atoms with Gasteiger partial charge in [0.25, 0.3) is 5.91 Å². The zero-order valence-electron chi connectivity index (χ0n) is 11.0. The first-order valence-corrected chi connectivity index (χ1v) is 6.57. The van der Waals surface area contributed by atoms with Crippen molar-refractivity contribution < 1.29 is 9.53 Å². The van der Waals surface area contributed by atoms with Crippen LogP contribution in [0, 0.1) is 0 Å². The number of hydrogen-bond donors (Lipinski definition) is 2. The maximum atomic E-state index is 12.1. The second kappa shape index (κ2) is 6.30. The summed E-state index contributed by atoms with van der Waals surface area (Å²) in [5.74, 6) is 0.480. The lowest BCUT2D eigenvalue weighted by molar-refractivity contribution is 0.102. The van der Waals surface area contributed by atoms with Crippen LogP contribution in [0.5, 0.6) is 5.75 Å². The molecule has 2 rings (SSSR count). The molecular formula is C15H15ClN2O2. The average molecular weight is 291 g/mol. The van der Waals surface area contributed by atoms with Gasteiger partial charge in [-0.2, -0.15) is 0 Å². The fraction of sp³-hybridized carbons (Fsp3) is 0.133. The van der Waals surface area contributed by atoms with Crippen LogP contribution in [0.25, 0.3) is 0 Å². The highest BCUT2D eigenvalue weighted by Gasteiger charge is 2.08. The number of nitrogen functional groups attached to an aromatic ring is 1. The van der Waals surface area contributed by atoms with Crippen LogP contribution in [0.2, 0.25) is 5.02 Å². The normalized spacial score (nSPS) is 10.1. The van der Waals surface area contributed by atoms with Crippen molar-refractivity contribution in [3.8, 4) is 5.75 Å². The number of rotatable bonds is 4. The third-order valence-corrected chi connectivity index (χ3v) is 2.93. The van der Waals surface area contributed by atoms with Crippen LogP contribution >= 0.6 is 11.6 Å². The van der Waals surface area contributed by atoms with E-state index in [2.05, 4.69) is 5.32 Å². The van der Waals surface area contributed by atoms with Gasteiger partial charge in [-0.1, -0.05) is 11.6 Å².